The van der Waals surface area contributed by atoms with E-state index in [9.17, 15) is 14.7 Å². The molecule has 3 heterocycles. The SMILES string of the molecule is COc1cc([C@@H]2NC(=O)NC3=C2C(=O)N(C[C@@H]2CCCO2)C3)ccc1O. The second-order valence-electron chi connectivity index (χ2n) is 6.68. The van der Waals surface area contributed by atoms with Crippen LogP contribution in [0.2, 0.25) is 0 Å². The topological polar surface area (TPSA) is 100 Å². The number of nitrogens with one attached hydrogen (secondary N) is 2. The van der Waals surface area contributed by atoms with Crippen molar-refractivity contribution in [2.45, 2.75) is 25.0 Å². The van der Waals surface area contributed by atoms with Gasteiger partial charge in [0, 0.05) is 13.2 Å². The van der Waals surface area contributed by atoms with Crippen LogP contribution in [-0.2, 0) is 9.53 Å². The molecule has 26 heavy (non-hydrogen) atoms. The minimum absolute atomic E-state index is 0.00321. The van der Waals surface area contributed by atoms with E-state index in [4.69, 9.17) is 9.47 Å². The van der Waals surface area contributed by atoms with E-state index in [0.717, 1.165) is 19.4 Å². The number of nitrogens with zero attached hydrogens (tertiary/aromatic N) is 1. The molecule has 4 rings (SSSR count). The Balaban J connectivity index is 1.62. The summed E-state index contributed by atoms with van der Waals surface area (Å²) in [5.41, 5.74) is 1.82. The second-order valence-corrected chi connectivity index (χ2v) is 6.68. The molecule has 138 valence electrons. The van der Waals surface area contributed by atoms with Crippen LogP contribution in [0.25, 0.3) is 0 Å². The van der Waals surface area contributed by atoms with Crippen LogP contribution in [-0.4, -0.2) is 54.9 Å². The van der Waals surface area contributed by atoms with Crippen molar-refractivity contribution in [3.05, 3.63) is 35.0 Å². The van der Waals surface area contributed by atoms with Gasteiger partial charge in [0.05, 0.1) is 37.1 Å². The van der Waals surface area contributed by atoms with E-state index in [2.05, 4.69) is 10.6 Å². The van der Waals surface area contributed by atoms with E-state index < -0.39 is 6.04 Å². The summed E-state index contributed by atoms with van der Waals surface area (Å²) in [6.07, 6.45) is 2.00. The summed E-state index contributed by atoms with van der Waals surface area (Å²) in [5.74, 6) is 0.183. The molecule has 0 aromatic heterocycles. The highest BCUT2D eigenvalue weighted by Gasteiger charge is 2.41. The van der Waals surface area contributed by atoms with Crippen molar-refractivity contribution in [3.63, 3.8) is 0 Å². The molecule has 1 saturated heterocycles. The first-order valence-corrected chi connectivity index (χ1v) is 8.65. The van der Waals surface area contributed by atoms with Gasteiger partial charge in [0.1, 0.15) is 0 Å². The van der Waals surface area contributed by atoms with Gasteiger partial charge in [0.25, 0.3) is 5.91 Å². The van der Waals surface area contributed by atoms with Crippen molar-refractivity contribution in [1.82, 2.24) is 15.5 Å². The Hall–Kier alpha value is -2.74. The van der Waals surface area contributed by atoms with Crippen LogP contribution < -0.4 is 15.4 Å². The Morgan fingerprint density at radius 3 is 2.96 bits per heavy atom. The van der Waals surface area contributed by atoms with E-state index in [-0.39, 0.29) is 23.8 Å². The number of rotatable bonds is 4. The average molecular weight is 359 g/mol. The molecular weight excluding hydrogens is 338 g/mol. The van der Waals surface area contributed by atoms with E-state index in [1.165, 1.54) is 13.2 Å². The number of carbonyl (C=O) groups is 2. The Morgan fingerprint density at radius 2 is 2.23 bits per heavy atom. The lowest BCUT2D eigenvalue weighted by atomic mass is 9.96. The van der Waals surface area contributed by atoms with Gasteiger partial charge in [-0.3, -0.25) is 4.79 Å². The highest BCUT2D eigenvalue weighted by Crippen LogP contribution is 2.36. The number of aromatic hydroxyl groups is 1. The molecule has 0 unspecified atom stereocenters. The second kappa shape index (κ2) is 6.53. The summed E-state index contributed by atoms with van der Waals surface area (Å²) in [7, 11) is 1.45. The lowest BCUT2D eigenvalue weighted by molar-refractivity contribution is -0.127. The van der Waals surface area contributed by atoms with Gasteiger partial charge in [0.2, 0.25) is 0 Å². The fourth-order valence-corrected chi connectivity index (χ4v) is 3.73. The predicted octanol–water partition coefficient (Wildman–Crippen LogP) is 1.03. The van der Waals surface area contributed by atoms with Crippen LogP contribution in [0, 0.1) is 0 Å². The zero-order valence-corrected chi connectivity index (χ0v) is 14.4. The number of hydrogen-bond donors (Lipinski definition) is 3. The zero-order chi connectivity index (χ0) is 18.3. The first kappa shape index (κ1) is 16.7. The van der Waals surface area contributed by atoms with Crippen LogP contribution in [0.3, 0.4) is 0 Å². The van der Waals surface area contributed by atoms with Crippen molar-refractivity contribution in [2.24, 2.45) is 0 Å². The van der Waals surface area contributed by atoms with E-state index in [1.807, 2.05) is 0 Å². The summed E-state index contributed by atoms with van der Waals surface area (Å²) >= 11 is 0. The van der Waals surface area contributed by atoms with Crippen molar-refractivity contribution in [3.8, 4) is 11.5 Å². The minimum Gasteiger partial charge on any atom is -0.504 e. The summed E-state index contributed by atoms with van der Waals surface area (Å²) in [6.45, 7) is 1.62. The maximum absolute atomic E-state index is 13.0. The average Bonchev–Trinajstić information content (AvgIpc) is 3.23. The molecule has 8 heteroatoms. The lowest BCUT2D eigenvalue weighted by Crippen LogP contribution is -2.44. The third-order valence-corrected chi connectivity index (χ3v) is 5.01. The molecule has 0 bridgehead atoms. The Bertz CT molecular complexity index is 785. The molecule has 1 fully saturated rings. The number of hydrogen-bond acceptors (Lipinski definition) is 5. The van der Waals surface area contributed by atoms with E-state index in [0.29, 0.717) is 35.7 Å². The molecule has 3 amide bonds. The number of phenols is 1. The first-order valence-electron chi connectivity index (χ1n) is 8.65. The molecular formula is C18H21N3O5. The van der Waals surface area contributed by atoms with Crippen molar-refractivity contribution >= 4 is 11.9 Å². The summed E-state index contributed by atoms with van der Waals surface area (Å²) in [4.78, 5) is 26.8. The number of urea groups is 1. The smallest absolute Gasteiger partial charge is 0.319 e. The Kier molecular flexibility index (Phi) is 4.20. The van der Waals surface area contributed by atoms with Gasteiger partial charge in [-0.2, -0.15) is 0 Å². The largest absolute Gasteiger partial charge is 0.504 e. The quantitative estimate of drug-likeness (QED) is 0.746. The van der Waals surface area contributed by atoms with Crippen LogP contribution in [0.1, 0.15) is 24.4 Å². The standard InChI is InChI=1S/C18H21N3O5/c1-25-14-7-10(4-5-13(14)22)16-15-12(19-18(24)20-16)9-21(17(15)23)8-11-3-2-6-26-11/h4-5,7,11,16,22H,2-3,6,8-9H2,1H3,(H2,19,20,24)/t11-,16-/m0/s1. The van der Waals surface area contributed by atoms with Gasteiger partial charge >= 0.3 is 6.03 Å². The number of amides is 3. The van der Waals surface area contributed by atoms with Crippen LogP contribution in [0.5, 0.6) is 11.5 Å². The molecule has 3 N–H and O–H groups in total. The molecule has 3 aliphatic rings. The van der Waals surface area contributed by atoms with Crippen LogP contribution in [0.4, 0.5) is 4.79 Å². The predicted molar refractivity (Wildman–Crippen MR) is 91.6 cm³/mol. The Labute approximate surface area is 150 Å². The maximum atomic E-state index is 13.0. The summed E-state index contributed by atoms with van der Waals surface area (Å²) in [6, 6.07) is 3.86. The molecule has 3 aliphatic heterocycles. The number of methoxy groups -OCH3 is 1. The maximum Gasteiger partial charge on any atom is 0.319 e. The van der Waals surface area contributed by atoms with E-state index >= 15 is 0 Å². The van der Waals surface area contributed by atoms with E-state index in [1.54, 1.807) is 17.0 Å². The van der Waals surface area contributed by atoms with Crippen LogP contribution >= 0.6 is 0 Å². The highest BCUT2D eigenvalue weighted by atomic mass is 16.5. The molecule has 0 spiro atoms. The molecule has 0 aliphatic carbocycles. The van der Waals surface area contributed by atoms with Gasteiger partial charge in [0.15, 0.2) is 11.5 Å². The highest BCUT2D eigenvalue weighted by molar-refractivity contribution is 6.01. The van der Waals surface area contributed by atoms with Crippen molar-refractivity contribution in [1.29, 1.82) is 0 Å². The first-order chi connectivity index (χ1) is 12.6. The lowest BCUT2D eigenvalue weighted by Gasteiger charge is -2.26. The fourth-order valence-electron chi connectivity index (χ4n) is 3.73. The van der Waals surface area contributed by atoms with Gasteiger partial charge in [-0.15, -0.1) is 0 Å². The molecule has 1 aromatic carbocycles. The van der Waals surface area contributed by atoms with Crippen molar-refractivity contribution < 1.29 is 24.2 Å². The molecule has 1 aromatic rings. The number of ether oxygens (including phenoxy) is 2. The minimum atomic E-state index is -0.588. The molecule has 8 nitrogen and oxygen atoms in total. The molecule has 0 radical (unpaired) electrons. The van der Waals surface area contributed by atoms with Crippen LogP contribution in [0.15, 0.2) is 29.5 Å². The third kappa shape index (κ3) is 2.86. The Morgan fingerprint density at radius 1 is 1.38 bits per heavy atom. The zero-order valence-electron chi connectivity index (χ0n) is 14.4. The fraction of sp³-hybridized carbons (Fsp3) is 0.444. The molecule has 2 atom stereocenters. The third-order valence-electron chi connectivity index (χ3n) is 5.01. The summed E-state index contributed by atoms with van der Waals surface area (Å²) < 4.78 is 10.8. The molecule has 0 saturated carbocycles. The van der Waals surface area contributed by atoms with Gasteiger partial charge in [-0.1, -0.05) is 6.07 Å². The number of phenolic OH excluding ortho intramolecular Hbond substituents is 1. The normalized spacial score (nSPS) is 25.2. The van der Waals surface area contributed by atoms with Crippen molar-refractivity contribution in [2.75, 3.05) is 26.8 Å². The van der Waals surface area contributed by atoms with Gasteiger partial charge < -0.3 is 30.1 Å². The number of carbonyl (C=O) groups excluding carboxylic acids is 2. The number of benzene rings is 1. The van der Waals surface area contributed by atoms with Gasteiger partial charge in [-0.05, 0) is 30.5 Å². The monoisotopic (exact) mass is 359 g/mol. The van der Waals surface area contributed by atoms with Gasteiger partial charge in [-0.25, -0.2) is 4.79 Å². The summed E-state index contributed by atoms with van der Waals surface area (Å²) in [5, 5.41) is 15.3.